The number of thioether (sulfide) groups is 1. The van der Waals surface area contributed by atoms with Crippen LogP contribution in [0.5, 0.6) is 0 Å². The number of hydrogen-bond donors (Lipinski definition) is 1. The van der Waals surface area contributed by atoms with Crippen LogP contribution in [0, 0.1) is 0 Å². The lowest BCUT2D eigenvalue weighted by Gasteiger charge is -2.04. The Kier molecular flexibility index (Phi) is 4.17. The number of carbonyl (C=O) groups excluding carboxylic acids is 1. The Morgan fingerprint density at radius 1 is 1.07 bits per heavy atom. The van der Waals surface area contributed by atoms with E-state index in [1.165, 1.54) is 11.0 Å². The van der Waals surface area contributed by atoms with E-state index >= 15 is 0 Å². The van der Waals surface area contributed by atoms with Crippen molar-refractivity contribution < 1.29 is 4.79 Å². The van der Waals surface area contributed by atoms with Crippen LogP contribution in [0.3, 0.4) is 0 Å². The normalized spacial score (nSPS) is 12.7. The van der Waals surface area contributed by atoms with Crippen molar-refractivity contribution in [3.8, 4) is 16.9 Å². The molecule has 1 aliphatic heterocycles. The van der Waals surface area contributed by atoms with Crippen LogP contribution in [0.25, 0.3) is 16.9 Å². The summed E-state index contributed by atoms with van der Waals surface area (Å²) in [5, 5.41) is 12.3. The average molecular weight is 388 g/mol. The maximum Gasteiger partial charge on any atom is 0.277 e. The van der Waals surface area contributed by atoms with Gasteiger partial charge in [0.15, 0.2) is 10.9 Å². The van der Waals surface area contributed by atoms with Crippen LogP contribution in [0.1, 0.15) is 10.5 Å². The molecule has 0 spiro atoms. The standard InChI is InChI=1S/C20H16N6OS/c27-19(17-12-21-26(24-17)16-4-2-1-3-5-16)22-15-8-6-14(7-9-15)18-13-25-10-11-28-20(25)23-18/h1-9,12-13H,10-11H2,(H,22,27). The summed E-state index contributed by atoms with van der Waals surface area (Å²) in [6, 6.07) is 17.1. The lowest BCUT2D eigenvalue weighted by molar-refractivity contribution is 0.102. The zero-order chi connectivity index (χ0) is 18.9. The number of hydrogen-bond acceptors (Lipinski definition) is 5. The van der Waals surface area contributed by atoms with Crippen molar-refractivity contribution in [1.82, 2.24) is 24.5 Å². The third-order valence-corrected chi connectivity index (χ3v) is 5.42. The summed E-state index contributed by atoms with van der Waals surface area (Å²) < 4.78 is 2.17. The highest BCUT2D eigenvalue weighted by molar-refractivity contribution is 7.99. The molecule has 1 aliphatic rings. The number of aryl methyl sites for hydroxylation is 1. The van der Waals surface area contributed by atoms with E-state index < -0.39 is 0 Å². The third-order valence-electron chi connectivity index (χ3n) is 4.45. The van der Waals surface area contributed by atoms with E-state index in [9.17, 15) is 4.79 Å². The molecule has 0 aliphatic carbocycles. The Balaban J connectivity index is 1.29. The zero-order valence-electron chi connectivity index (χ0n) is 14.8. The van der Waals surface area contributed by atoms with Gasteiger partial charge in [0.1, 0.15) is 0 Å². The molecule has 0 bridgehead atoms. The summed E-state index contributed by atoms with van der Waals surface area (Å²) in [5.74, 6) is 0.787. The van der Waals surface area contributed by atoms with E-state index in [0.717, 1.165) is 34.4 Å². The molecule has 0 atom stereocenters. The fourth-order valence-corrected chi connectivity index (χ4v) is 3.96. The number of rotatable bonds is 4. The largest absolute Gasteiger partial charge is 0.325 e. The van der Waals surface area contributed by atoms with Crippen LogP contribution in [0.2, 0.25) is 0 Å². The molecule has 3 heterocycles. The van der Waals surface area contributed by atoms with Gasteiger partial charge in [0.05, 0.1) is 17.6 Å². The molecule has 0 radical (unpaired) electrons. The Labute approximate surface area is 165 Å². The summed E-state index contributed by atoms with van der Waals surface area (Å²) in [7, 11) is 0. The van der Waals surface area contributed by atoms with Crippen molar-refractivity contribution in [2.75, 3.05) is 11.1 Å². The summed E-state index contributed by atoms with van der Waals surface area (Å²) >= 11 is 1.77. The SMILES string of the molecule is O=C(Nc1ccc(-c2cn3c(n2)SCC3)cc1)c1cnn(-c2ccccc2)n1. The maximum absolute atomic E-state index is 12.5. The van der Waals surface area contributed by atoms with E-state index in [-0.39, 0.29) is 11.6 Å². The number of fused-ring (bicyclic) bond motifs is 1. The van der Waals surface area contributed by atoms with Crippen LogP contribution in [0.15, 0.2) is 72.1 Å². The van der Waals surface area contributed by atoms with Crippen LogP contribution >= 0.6 is 11.8 Å². The van der Waals surface area contributed by atoms with Gasteiger partial charge in [0.2, 0.25) is 0 Å². The number of nitrogens with zero attached hydrogens (tertiary/aromatic N) is 5. The lowest BCUT2D eigenvalue weighted by atomic mass is 10.1. The van der Waals surface area contributed by atoms with E-state index in [0.29, 0.717) is 5.69 Å². The molecule has 5 rings (SSSR count). The van der Waals surface area contributed by atoms with E-state index in [1.54, 1.807) is 11.8 Å². The molecule has 138 valence electrons. The van der Waals surface area contributed by atoms with E-state index in [4.69, 9.17) is 0 Å². The van der Waals surface area contributed by atoms with E-state index in [1.807, 2.05) is 54.6 Å². The fourth-order valence-electron chi connectivity index (χ4n) is 3.02. The summed E-state index contributed by atoms with van der Waals surface area (Å²) in [6.45, 7) is 1.00. The Bertz CT molecular complexity index is 1110. The van der Waals surface area contributed by atoms with E-state index in [2.05, 4.69) is 31.3 Å². The molecular weight excluding hydrogens is 372 g/mol. The monoisotopic (exact) mass is 388 g/mol. The Hall–Kier alpha value is -3.39. The first kappa shape index (κ1) is 16.8. The molecule has 7 nitrogen and oxygen atoms in total. The highest BCUT2D eigenvalue weighted by atomic mass is 32.2. The van der Waals surface area contributed by atoms with Crippen LogP contribution in [-0.2, 0) is 6.54 Å². The molecule has 0 saturated heterocycles. The Morgan fingerprint density at radius 2 is 1.89 bits per heavy atom. The van der Waals surface area contributed by atoms with Gasteiger partial charge in [-0.1, -0.05) is 42.1 Å². The molecule has 1 amide bonds. The van der Waals surface area contributed by atoms with Crippen molar-refractivity contribution in [1.29, 1.82) is 0 Å². The van der Waals surface area contributed by atoms with Crippen molar-refractivity contribution >= 4 is 23.4 Å². The van der Waals surface area contributed by atoms with Gasteiger partial charge in [-0.3, -0.25) is 4.79 Å². The first-order chi connectivity index (χ1) is 13.8. The fraction of sp³-hybridized carbons (Fsp3) is 0.100. The molecule has 0 saturated carbocycles. The minimum absolute atomic E-state index is 0.260. The first-order valence-corrected chi connectivity index (χ1v) is 9.84. The van der Waals surface area contributed by atoms with Gasteiger partial charge in [-0.25, -0.2) is 4.98 Å². The molecule has 1 N–H and O–H groups in total. The number of carbonyl (C=O) groups is 1. The third kappa shape index (κ3) is 3.18. The second kappa shape index (κ2) is 6.97. The molecule has 8 heteroatoms. The summed E-state index contributed by atoms with van der Waals surface area (Å²) in [6.07, 6.45) is 3.53. The number of nitrogens with one attached hydrogen (secondary N) is 1. The topological polar surface area (TPSA) is 77.6 Å². The molecule has 0 fully saturated rings. The molecule has 2 aromatic carbocycles. The van der Waals surface area contributed by atoms with Gasteiger partial charge < -0.3 is 9.88 Å². The first-order valence-electron chi connectivity index (χ1n) is 8.86. The van der Waals surface area contributed by atoms with Gasteiger partial charge in [0.25, 0.3) is 5.91 Å². The molecule has 0 unspecified atom stereocenters. The van der Waals surface area contributed by atoms with Gasteiger partial charge in [-0.05, 0) is 24.3 Å². The van der Waals surface area contributed by atoms with Gasteiger partial charge in [-0.15, -0.1) is 5.10 Å². The van der Waals surface area contributed by atoms with Crippen molar-refractivity contribution in [2.45, 2.75) is 11.7 Å². The molecular formula is C20H16N6OS. The number of aromatic nitrogens is 5. The zero-order valence-corrected chi connectivity index (χ0v) is 15.6. The second-order valence-corrected chi connectivity index (χ2v) is 7.40. The van der Waals surface area contributed by atoms with Crippen molar-refractivity contribution in [3.05, 3.63) is 72.7 Å². The lowest BCUT2D eigenvalue weighted by Crippen LogP contribution is -2.13. The summed E-state index contributed by atoms with van der Waals surface area (Å²) in [5.41, 5.74) is 3.73. The Morgan fingerprint density at radius 3 is 2.68 bits per heavy atom. The number of para-hydroxylation sites is 1. The molecule has 4 aromatic rings. The van der Waals surface area contributed by atoms with Crippen molar-refractivity contribution in [2.24, 2.45) is 0 Å². The number of benzene rings is 2. The number of imidazole rings is 1. The van der Waals surface area contributed by atoms with Crippen LogP contribution in [0.4, 0.5) is 5.69 Å². The van der Waals surface area contributed by atoms with Gasteiger partial charge in [0, 0.05) is 29.7 Å². The predicted octanol–water partition coefficient (Wildman–Crippen LogP) is 3.49. The highest BCUT2D eigenvalue weighted by Gasteiger charge is 2.16. The smallest absolute Gasteiger partial charge is 0.277 e. The second-order valence-electron chi connectivity index (χ2n) is 6.34. The van der Waals surface area contributed by atoms with Gasteiger partial charge in [-0.2, -0.15) is 9.90 Å². The molecule has 28 heavy (non-hydrogen) atoms. The maximum atomic E-state index is 12.5. The minimum atomic E-state index is -0.299. The van der Waals surface area contributed by atoms with Crippen LogP contribution < -0.4 is 5.32 Å². The quantitative estimate of drug-likeness (QED) is 0.579. The summed E-state index contributed by atoms with van der Waals surface area (Å²) in [4.78, 5) is 18.5. The molecule has 2 aromatic heterocycles. The predicted molar refractivity (Wildman–Crippen MR) is 108 cm³/mol. The van der Waals surface area contributed by atoms with Crippen molar-refractivity contribution in [3.63, 3.8) is 0 Å². The van der Waals surface area contributed by atoms with Gasteiger partial charge >= 0.3 is 0 Å². The average Bonchev–Trinajstić information content (AvgIpc) is 3.45. The van der Waals surface area contributed by atoms with Crippen LogP contribution in [-0.4, -0.2) is 36.2 Å². The number of anilines is 1. The minimum Gasteiger partial charge on any atom is -0.325 e. The number of amides is 1. The highest BCUT2D eigenvalue weighted by Crippen LogP contribution is 2.29.